The van der Waals surface area contributed by atoms with Gasteiger partial charge in [0.25, 0.3) is 0 Å². The molecular formula is C5H8FN. The Morgan fingerprint density at radius 3 is 2.43 bits per heavy atom. The zero-order chi connectivity index (χ0) is 5.70. The van der Waals surface area contributed by atoms with Crippen LogP contribution < -0.4 is 0 Å². The van der Waals surface area contributed by atoms with E-state index in [-0.39, 0.29) is 0 Å². The van der Waals surface area contributed by atoms with Gasteiger partial charge in [-0.1, -0.05) is 6.08 Å². The number of rotatable bonds is 1. The van der Waals surface area contributed by atoms with Gasteiger partial charge in [0.2, 0.25) is 5.97 Å². The lowest BCUT2D eigenvalue weighted by molar-refractivity contribution is 0.809. The molecule has 0 aromatic heterocycles. The van der Waals surface area contributed by atoms with Crippen molar-refractivity contribution in [3.8, 4) is 0 Å². The van der Waals surface area contributed by atoms with Crippen molar-refractivity contribution in [3.05, 3.63) is 12.2 Å². The zero-order valence-electron chi connectivity index (χ0n) is 4.48. The summed E-state index contributed by atoms with van der Waals surface area (Å²) in [5.41, 5.74) is 0. The summed E-state index contributed by atoms with van der Waals surface area (Å²) < 4.78 is 11.8. The first kappa shape index (κ1) is 6.34. The van der Waals surface area contributed by atoms with Crippen molar-refractivity contribution in [1.29, 1.82) is 0 Å². The zero-order valence-corrected chi connectivity index (χ0v) is 4.48. The normalized spacial score (nSPS) is 13.3. The average molecular weight is 101 g/mol. The first-order valence-electron chi connectivity index (χ1n) is 2.06. The van der Waals surface area contributed by atoms with Crippen LogP contribution in [0.3, 0.4) is 0 Å². The molecule has 0 unspecified atom stereocenters. The third kappa shape index (κ3) is 3.16. The first-order valence-corrected chi connectivity index (χ1v) is 2.06. The molecule has 0 atom stereocenters. The fourth-order valence-corrected chi connectivity index (χ4v) is 0.212. The standard InChI is InChI=1S/C5H8FN/c1-3-4-5(6)7-2/h3-4H,1-2H3/b4-3-,7-5+. The van der Waals surface area contributed by atoms with E-state index in [0.717, 1.165) is 0 Å². The highest BCUT2D eigenvalue weighted by Gasteiger charge is 1.78. The van der Waals surface area contributed by atoms with Crippen molar-refractivity contribution < 1.29 is 4.39 Å². The topological polar surface area (TPSA) is 12.4 Å². The maximum absolute atomic E-state index is 11.8. The Hall–Kier alpha value is -0.660. The van der Waals surface area contributed by atoms with Crippen molar-refractivity contribution in [2.45, 2.75) is 6.92 Å². The Bertz CT molecular complexity index is 94.3. The number of hydrogen-bond donors (Lipinski definition) is 0. The van der Waals surface area contributed by atoms with Crippen molar-refractivity contribution >= 4 is 5.97 Å². The van der Waals surface area contributed by atoms with Crippen LogP contribution in [0.5, 0.6) is 0 Å². The van der Waals surface area contributed by atoms with Crippen LogP contribution in [0, 0.1) is 0 Å². The number of nitrogens with zero attached hydrogens (tertiary/aromatic N) is 1. The second-order valence-electron chi connectivity index (χ2n) is 1.05. The molecule has 0 aromatic carbocycles. The highest BCUT2D eigenvalue weighted by molar-refractivity contribution is 5.86. The molecule has 0 N–H and O–H groups in total. The smallest absolute Gasteiger partial charge is 0.207 e. The largest absolute Gasteiger partial charge is 0.261 e. The SMILES string of the molecule is C/C=C\C(F)=N/C. The molecule has 0 aliphatic heterocycles. The fraction of sp³-hybridized carbons (Fsp3) is 0.400. The molecule has 0 bridgehead atoms. The summed E-state index contributed by atoms with van der Waals surface area (Å²) in [6, 6.07) is 0. The van der Waals surface area contributed by atoms with Crippen molar-refractivity contribution in [2.24, 2.45) is 4.99 Å². The molecule has 0 amide bonds. The summed E-state index contributed by atoms with van der Waals surface area (Å²) in [5.74, 6) is -0.428. The van der Waals surface area contributed by atoms with Crippen molar-refractivity contribution in [2.75, 3.05) is 7.05 Å². The van der Waals surface area contributed by atoms with Crippen molar-refractivity contribution in [3.63, 3.8) is 0 Å². The minimum absolute atomic E-state index is 0.428. The molecule has 0 heterocycles. The quantitative estimate of drug-likeness (QED) is 0.444. The van der Waals surface area contributed by atoms with E-state index >= 15 is 0 Å². The number of hydrogen-bond acceptors (Lipinski definition) is 1. The van der Waals surface area contributed by atoms with Gasteiger partial charge in [0.1, 0.15) is 0 Å². The molecule has 0 saturated carbocycles. The minimum Gasteiger partial charge on any atom is -0.261 e. The highest BCUT2D eigenvalue weighted by Crippen LogP contribution is 1.79. The Balaban J connectivity index is 3.58. The molecule has 1 nitrogen and oxygen atoms in total. The van der Waals surface area contributed by atoms with Gasteiger partial charge in [-0.05, 0) is 13.0 Å². The number of halogens is 1. The summed E-state index contributed by atoms with van der Waals surface area (Å²) in [7, 11) is 1.41. The molecule has 0 fully saturated rings. The van der Waals surface area contributed by atoms with E-state index in [2.05, 4.69) is 4.99 Å². The Labute approximate surface area is 42.6 Å². The third-order valence-electron chi connectivity index (χ3n) is 0.518. The van der Waals surface area contributed by atoms with Gasteiger partial charge in [-0.2, -0.15) is 4.39 Å². The second-order valence-corrected chi connectivity index (χ2v) is 1.05. The predicted octanol–water partition coefficient (Wildman–Crippen LogP) is 1.56. The number of aliphatic imine (C=N–C) groups is 1. The summed E-state index contributed by atoms with van der Waals surface area (Å²) in [6.07, 6.45) is 2.91. The van der Waals surface area contributed by atoms with Crippen LogP contribution in [0.4, 0.5) is 4.39 Å². The van der Waals surface area contributed by atoms with Crippen LogP contribution in [-0.2, 0) is 0 Å². The maximum Gasteiger partial charge on any atom is 0.207 e. The minimum atomic E-state index is -0.428. The van der Waals surface area contributed by atoms with Gasteiger partial charge in [0.05, 0.1) is 0 Å². The van der Waals surface area contributed by atoms with Gasteiger partial charge in [-0.3, -0.25) is 4.99 Å². The molecule has 7 heavy (non-hydrogen) atoms. The van der Waals surface area contributed by atoms with E-state index in [4.69, 9.17) is 0 Å². The fourth-order valence-electron chi connectivity index (χ4n) is 0.212. The van der Waals surface area contributed by atoms with E-state index < -0.39 is 5.97 Å². The predicted molar refractivity (Wildman–Crippen MR) is 29.3 cm³/mol. The highest BCUT2D eigenvalue weighted by atomic mass is 19.1. The van der Waals surface area contributed by atoms with Crippen LogP contribution in [-0.4, -0.2) is 13.0 Å². The monoisotopic (exact) mass is 101 g/mol. The molecular weight excluding hydrogens is 93.1 g/mol. The summed E-state index contributed by atoms with van der Waals surface area (Å²) in [4.78, 5) is 3.24. The van der Waals surface area contributed by atoms with Crippen LogP contribution in [0.25, 0.3) is 0 Å². The van der Waals surface area contributed by atoms with Crippen molar-refractivity contribution in [1.82, 2.24) is 0 Å². The molecule has 0 aliphatic rings. The molecule has 0 aromatic rings. The Morgan fingerprint density at radius 1 is 1.71 bits per heavy atom. The Kier molecular flexibility index (Phi) is 3.19. The summed E-state index contributed by atoms with van der Waals surface area (Å²) in [5, 5.41) is 0. The summed E-state index contributed by atoms with van der Waals surface area (Å²) >= 11 is 0. The third-order valence-corrected chi connectivity index (χ3v) is 0.518. The second kappa shape index (κ2) is 3.53. The number of allylic oxidation sites excluding steroid dienone is 2. The van der Waals surface area contributed by atoms with E-state index in [0.29, 0.717) is 0 Å². The van der Waals surface area contributed by atoms with Gasteiger partial charge >= 0.3 is 0 Å². The molecule has 40 valence electrons. The lowest BCUT2D eigenvalue weighted by Crippen LogP contribution is -1.76. The Morgan fingerprint density at radius 2 is 2.29 bits per heavy atom. The first-order chi connectivity index (χ1) is 3.31. The van der Waals surface area contributed by atoms with Crippen LogP contribution >= 0.6 is 0 Å². The van der Waals surface area contributed by atoms with E-state index in [9.17, 15) is 4.39 Å². The van der Waals surface area contributed by atoms with E-state index in [1.165, 1.54) is 13.1 Å². The average Bonchev–Trinajstić information content (AvgIpc) is 1.68. The van der Waals surface area contributed by atoms with Gasteiger partial charge in [-0.25, -0.2) is 0 Å². The molecule has 0 saturated heterocycles. The van der Waals surface area contributed by atoms with Gasteiger partial charge < -0.3 is 0 Å². The molecule has 0 aliphatic carbocycles. The molecule has 0 spiro atoms. The maximum atomic E-state index is 11.8. The summed E-state index contributed by atoms with van der Waals surface area (Å²) in [6.45, 7) is 1.74. The van der Waals surface area contributed by atoms with Gasteiger partial charge in [-0.15, -0.1) is 0 Å². The lowest BCUT2D eigenvalue weighted by Gasteiger charge is -1.75. The van der Waals surface area contributed by atoms with Crippen LogP contribution in [0.2, 0.25) is 0 Å². The van der Waals surface area contributed by atoms with Crippen LogP contribution in [0.1, 0.15) is 6.92 Å². The van der Waals surface area contributed by atoms with E-state index in [1.807, 2.05) is 0 Å². The molecule has 0 radical (unpaired) electrons. The van der Waals surface area contributed by atoms with Gasteiger partial charge in [0, 0.05) is 7.05 Å². The van der Waals surface area contributed by atoms with Crippen LogP contribution in [0.15, 0.2) is 17.1 Å². The van der Waals surface area contributed by atoms with Gasteiger partial charge in [0.15, 0.2) is 0 Å². The molecule has 0 rings (SSSR count). The molecule has 2 heteroatoms. The lowest BCUT2D eigenvalue weighted by atomic mass is 10.5. The van der Waals surface area contributed by atoms with E-state index in [1.54, 1.807) is 13.0 Å².